The molecule has 5 heteroatoms. The number of nitrogen functional groups attached to an aromatic ring is 1. The number of nitrogens with zero attached hydrogens (tertiary/aromatic N) is 2. The van der Waals surface area contributed by atoms with E-state index in [1.54, 1.807) is 6.07 Å². The van der Waals surface area contributed by atoms with E-state index in [0.717, 1.165) is 31.6 Å². The molecule has 0 aliphatic carbocycles. The van der Waals surface area contributed by atoms with Crippen molar-refractivity contribution in [2.75, 3.05) is 25.4 Å². The first-order valence-electron chi connectivity index (χ1n) is 6.80. The fourth-order valence-corrected chi connectivity index (χ4v) is 2.24. The third kappa shape index (κ3) is 3.84. The van der Waals surface area contributed by atoms with Crippen LogP contribution in [0, 0.1) is 6.92 Å². The fraction of sp³-hybridized carbons (Fsp3) is 0.571. The second-order valence-electron chi connectivity index (χ2n) is 4.92. The molecule has 1 aromatic rings. The largest absolute Gasteiger partial charge is 0.480 e. The Morgan fingerprint density at radius 2 is 2.00 bits per heavy atom. The molecule has 2 heterocycles. The maximum atomic E-state index is 12.0. The number of aryl methyl sites for hydroxylation is 1. The lowest BCUT2D eigenvalue weighted by atomic mass is 10.2. The number of ether oxygens (including phenoxy) is 1. The second kappa shape index (κ2) is 6.41. The molecule has 104 valence electrons. The summed E-state index contributed by atoms with van der Waals surface area (Å²) >= 11 is 0. The normalized spacial score (nSPS) is 15.9. The van der Waals surface area contributed by atoms with Gasteiger partial charge in [0.2, 0.25) is 0 Å². The topological polar surface area (TPSA) is 68.5 Å². The first-order valence-corrected chi connectivity index (χ1v) is 6.80. The fourth-order valence-electron chi connectivity index (χ4n) is 2.24. The highest BCUT2D eigenvalue weighted by molar-refractivity contribution is 5.78. The molecule has 1 fully saturated rings. The van der Waals surface area contributed by atoms with Crippen molar-refractivity contribution in [1.29, 1.82) is 0 Å². The van der Waals surface area contributed by atoms with Gasteiger partial charge in [-0.2, -0.15) is 0 Å². The van der Waals surface area contributed by atoms with Gasteiger partial charge in [-0.25, -0.2) is 4.98 Å². The van der Waals surface area contributed by atoms with Crippen LogP contribution in [-0.2, 0) is 4.79 Å². The molecule has 1 saturated heterocycles. The number of rotatable bonds is 3. The first-order chi connectivity index (χ1) is 9.16. The van der Waals surface area contributed by atoms with Gasteiger partial charge in [0.1, 0.15) is 0 Å². The molecule has 1 amide bonds. The molecule has 0 unspecified atom stereocenters. The van der Waals surface area contributed by atoms with E-state index in [1.807, 2.05) is 17.9 Å². The molecule has 0 atom stereocenters. The summed E-state index contributed by atoms with van der Waals surface area (Å²) in [6.07, 6.45) is 4.58. The molecule has 1 aromatic heterocycles. The van der Waals surface area contributed by atoms with E-state index in [1.165, 1.54) is 12.8 Å². The highest BCUT2D eigenvalue weighted by Crippen LogP contribution is 2.19. The molecule has 1 aliphatic heterocycles. The number of hydrogen-bond acceptors (Lipinski definition) is 4. The molecule has 19 heavy (non-hydrogen) atoms. The lowest BCUT2D eigenvalue weighted by Gasteiger charge is -2.20. The number of anilines is 1. The Morgan fingerprint density at radius 1 is 1.32 bits per heavy atom. The predicted molar refractivity (Wildman–Crippen MR) is 73.9 cm³/mol. The van der Waals surface area contributed by atoms with Gasteiger partial charge in [-0.05, 0) is 31.9 Å². The monoisotopic (exact) mass is 263 g/mol. The van der Waals surface area contributed by atoms with Crippen molar-refractivity contribution in [3.05, 3.63) is 17.8 Å². The quantitative estimate of drug-likeness (QED) is 0.902. The highest BCUT2D eigenvalue weighted by atomic mass is 16.5. The van der Waals surface area contributed by atoms with Gasteiger partial charge in [0, 0.05) is 18.8 Å². The molecule has 2 N–H and O–H groups in total. The second-order valence-corrected chi connectivity index (χ2v) is 4.92. The van der Waals surface area contributed by atoms with Crippen LogP contribution >= 0.6 is 0 Å². The third-order valence-electron chi connectivity index (χ3n) is 3.34. The van der Waals surface area contributed by atoms with E-state index in [-0.39, 0.29) is 12.5 Å². The molecule has 5 nitrogen and oxygen atoms in total. The summed E-state index contributed by atoms with van der Waals surface area (Å²) in [5.41, 5.74) is 6.59. The summed E-state index contributed by atoms with van der Waals surface area (Å²) < 4.78 is 5.47. The predicted octanol–water partition coefficient (Wildman–Crippen LogP) is 1.75. The van der Waals surface area contributed by atoms with Crippen LogP contribution < -0.4 is 10.5 Å². The Labute approximate surface area is 113 Å². The molecular formula is C14H21N3O2. The molecular weight excluding hydrogens is 242 g/mol. The highest BCUT2D eigenvalue weighted by Gasteiger charge is 2.16. The first kappa shape index (κ1) is 13.6. The number of amides is 1. The van der Waals surface area contributed by atoms with Crippen LogP contribution in [0.5, 0.6) is 5.75 Å². The lowest BCUT2D eigenvalue weighted by Crippen LogP contribution is -2.35. The van der Waals surface area contributed by atoms with Gasteiger partial charge >= 0.3 is 0 Å². The summed E-state index contributed by atoms with van der Waals surface area (Å²) in [6, 6.07) is 3.58. The number of carbonyl (C=O) groups excluding carboxylic acids is 1. The van der Waals surface area contributed by atoms with Gasteiger partial charge in [-0.3, -0.25) is 4.79 Å². The summed E-state index contributed by atoms with van der Waals surface area (Å²) in [7, 11) is 0. The Morgan fingerprint density at radius 3 is 2.63 bits per heavy atom. The van der Waals surface area contributed by atoms with Crippen molar-refractivity contribution in [3.8, 4) is 5.75 Å². The van der Waals surface area contributed by atoms with Crippen molar-refractivity contribution < 1.29 is 9.53 Å². The molecule has 0 saturated carbocycles. The Bertz CT molecular complexity index is 440. The van der Waals surface area contributed by atoms with Crippen molar-refractivity contribution in [2.45, 2.75) is 32.6 Å². The Kier molecular flexibility index (Phi) is 4.60. The minimum Gasteiger partial charge on any atom is -0.480 e. The summed E-state index contributed by atoms with van der Waals surface area (Å²) in [5, 5.41) is 0. The average Bonchev–Trinajstić information content (AvgIpc) is 2.66. The lowest BCUT2D eigenvalue weighted by molar-refractivity contribution is -0.133. The Hall–Kier alpha value is -1.78. The smallest absolute Gasteiger partial charge is 0.260 e. The van der Waals surface area contributed by atoms with Gasteiger partial charge in [0.05, 0.1) is 0 Å². The number of carbonyl (C=O) groups is 1. The van der Waals surface area contributed by atoms with Gasteiger partial charge in [0.25, 0.3) is 5.91 Å². The van der Waals surface area contributed by atoms with E-state index in [4.69, 9.17) is 10.5 Å². The van der Waals surface area contributed by atoms with Crippen molar-refractivity contribution in [1.82, 2.24) is 9.88 Å². The number of nitrogens with two attached hydrogens (primary N) is 1. The van der Waals surface area contributed by atoms with Gasteiger partial charge in [-0.15, -0.1) is 0 Å². The third-order valence-corrected chi connectivity index (χ3v) is 3.34. The molecule has 1 aliphatic rings. The van der Waals surface area contributed by atoms with Crippen LogP contribution in [0.4, 0.5) is 5.82 Å². The summed E-state index contributed by atoms with van der Waals surface area (Å²) in [6.45, 7) is 3.57. The number of hydrogen-bond donors (Lipinski definition) is 1. The van der Waals surface area contributed by atoms with Crippen LogP contribution in [0.1, 0.15) is 31.4 Å². The maximum absolute atomic E-state index is 12.0. The van der Waals surface area contributed by atoms with Crippen molar-refractivity contribution >= 4 is 11.7 Å². The summed E-state index contributed by atoms with van der Waals surface area (Å²) in [5.74, 6) is 0.847. The molecule has 0 spiro atoms. The van der Waals surface area contributed by atoms with Crippen molar-refractivity contribution in [2.24, 2.45) is 0 Å². The number of pyridine rings is 1. The van der Waals surface area contributed by atoms with Crippen LogP contribution in [0.25, 0.3) is 0 Å². The van der Waals surface area contributed by atoms with E-state index < -0.39 is 0 Å². The molecule has 2 rings (SSSR count). The SMILES string of the molecule is Cc1ccc(OCC(=O)N2CCCCCC2)c(N)n1. The van der Waals surface area contributed by atoms with Gasteiger partial charge < -0.3 is 15.4 Å². The zero-order valence-electron chi connectivity index (χ0n) is 11.4. The number of likely N-dealkylation sites (tertiary alicyclic amines) is 1. The average molecular weight is 263 g/mol. The summed E-state index contributed by atoms with van der Waals surface area (Å²) in [4.78, 5) is 18.0. The van der Waals surface area contributed by atoms with E-state index in [2.05, 4.69) is 4.98 Å². The van der Waals surface area contributed by atoms with Crippen LogP contribution in [0.2, 0.25) is 0 Å². The minimum absolute atomic E-state index is 0.0295. The number of aromatic nitrogens is 1. The van der Waals surface area contributed by atoms with Crippen LogP contribution in [0.3, 0.4) is 0 Å². The zero-order valence-corrected chi connectivity index (χ0v) is 11.4. The van der Waals surface area contributed by atoms with Crippen LogP contribution in [-0.4, -0.2) is 35.5 Å². The van der Waals surface area contributed by atoms with Crippen LogP contribution in [0.15, 0.2) is 12.1 Å². The minimum atomic E-state index is 0.0295. The zero-order chi connectivity index (χ0) is 13.7. The standard InChI is InChI=1S/C14H21N3O2/c1-11-6-7-12(14(15)16-11)19-10-13(18)17-8-4-2-3-5-9-17/h6-7H,2-5,8-10H2,1H3,(H2,15,16). The molecule has 0 aromatic carbocycles. The van der Waals surface area contributed by atoms with Gasteiger partial charge in [0.15, 0.2) is 18.2 Å². The van der Waals surface area contributed by atoms with E-state index in [9.17, 15) is 4.79 Å². The van der Waals surface area contributed by atoms with Gasteiger partial charge in [-0.1, -0.05) is 12.8 Å². The van der Waals surface area contributed by atoms with E-state index in [0.29, 0.717) is 11.6 Å². The molecule has 0 bridgehead atoms. The van der Waals surface area contributed by atoms with Crippen molar-refractivity contribution in [3.63, 3.8) is 0 Å². The Balaban J connectivity index is 1.88. The maximum Gasteiger partial charge on any atom is 0.260 e. The molecule has 0 radical (unpaired) electrons. The van der Waals surface area contributed by atoms with E-state index >= 15 is 0 Å².